The van der Waals surface area contributed by atoms with E-state index in [0.717, 1.165) is 96.3 Å². The number of rotatable bonds is 45. The van der Waals surface area contributed by atoms with Crippen molar-refractivity contribution in [2.45, 2.75) is 200 Å². The Kier molecular flexibility index (Phi) is 45.9. The van der Waals surface area contributed by atoms with Crippen molar-refractivity contribution in [2.24, 2.45) is 5.73 Å². The molecular formula is C51H90NO7P. The Morgan fingerprint density at radius 3 is 1.40 bits per heavy atom. The number of carbonyl (C=O) groups is 1. The zero-order chi connectivity index (χ0) is 43.7. The summed E-state index contributed by atoms with van der Waals surface area (Å²) in [5.74, 6) is -0.341. The van der Waals surface area contributed by atoms with Crippen molar-refractivity contribution in [3.05, 3.63) is 85.1 Å². The first kappa shape index (κ1) is 57.7. The molecule has 0 aliphatic heterocycles. The lowest BCUT2D eigenvalue weighted by atomic mass is 10.0. The number of hydrogen-bond donors (Lipinski definition) is 2. The molecule has 0 bridgehead atoms. The highest BCUT2D eigenvalue weighted by molar-refractivity contribution is 7.47. The average Bonchev–Trinajstić information content (AvgIpc) is 3.24. The summed E-state index contributed by atoms with van der Waals surface area (Å²) < 4.78 is 33.5. The van der Waals surface area contributed by atoms with Crippen LogP contribution in [0.4, 0.5) is 0 Å². The number of phosphoric acid groups is 1. The highest BCUT2D eigenvalue weighted by atomic mass is 31.2. The van der Waals surface area contributed by atoms with Crippen LogP contribution in [-0.4, -0.2) is 49.9 Å². The largest absolute Gasteiger partial charge is 0.472 e. The molecule has 0 aromatic rings. The van der Waals surface area contributed by atoms with Gasteiger partial charge in [-0.25, -0.2) is 4.57 Å². The Bertz CT molecular complexity index is 1190. The summed E-state index contributed by atoms with van der Waals surface area (Å²) in [4.78, 5) is 22.5. The third-order valence-electron chi connectivity index (χ3n) is 9.83. The van der Waals surface area contributed by atoms with Crippen molar-refractivity contribution in [1.29, 1.82) is 0 Å². The van der Waals surface area contributed by atoms with E-state index in [1.165, 1.54) is 77.0 Å². The minimum Gasteiger partial charge on any atom is -0.457 e. The molecule has 0 saturated carbocycles. The highest BCUT2D eigenvalue weighted by Gasteiger charge is 2.25. The van der Waals surface area contributed by atoms with Gasteiger partial charge in [-0.2, -0.15) is 0 Å². The van der Waals surface area contributed by atoms with Crippen molar-refractivity contribution >= 4 is 13.8 Å². The quantitative estimate of drug-likeness (QED) is 0.0269. The molecule has 0 heterocycles. The second kappa shape index (κ2) is 47.7. The summed E-state index contributed by atoms with van der Waals surface area (Å²) in [6.45, 7) is 4.74. The van der Waals surface area contributed by atoms with Gasteiger partial charge in [0.1, 0.15) is 6.10 Å². The molecule has 0 spiro atoms. The maximum Gasteiger partial charge on any atom is 0.472 e. The molecule has 0 saturated heterocycles. The fourth-order valence-electron chi connectivity index (χ4n) is 6.33. The second-order valence-corrected chi connectivity index (χ2v) is 17.1. The van der Waals surface area contributed by atoms with Gasteiger partial charge in [0, 0.05) is 19.6 Å². The van der Waals surface area contributed by atoms with Crippen LogP contribution in [0.2, 0.25) is 0 Å². The van der Waals surface area contributed by atoms with Crippen molar-refractivity contribution in [3.63, 3.8) is 0 Å². The van der Waals surface area contributed by atoms with Crippen LogP contribution in [0, 0.1) is 0 Å². The van der Waals surface area contributed by atoms with Crippen LogP contribution in [0.15, 0.2) is 85.1 Å². The van der Waals surface area contributed by atoms with Gasteiger partial charge >= 0.3 is 13.8 Å². The van der Waals surface area contributed by atoms with E-state index in [-0.39, 0.29) is 32.3 Å². The van der Waals surface area contributed by atoms with E-state index in [4.69, 9.17) is 24.3 Å². The maximum absolute atomic E-state index is 12.6. The molecule has 0 aliphatic carbocycles. The molecule has 0 rings (SSSR count). The lowest BCUT2D eigenvalue weighted by molar-refractivity contribution is -0.154. The molecule has 2 atom stereocenters. The second-order valence-electron chi connectivity index (χ2n) is 15.6. The lowest BCUT2D eigenvalue weighted by Gasteiger charge is -2.20. The molecule has 8 nitrogen and oxygen atoms in total. The molecule has 0 aliphatic rings. The number of allylic oxidation sites excluding steroid dienone is 14. The van der Waals surface area contributed by atoms with Crippen molar-refractivity contribution in [2.75, 3.05) is 33.0 Å². The van der Waals surface area contributed by atoms with Gasteiger partial charge in [0.05, 0.1) is 19.8 Å². The van der Waals surface area contributed by atoms with E-state index in [0.29, 0.717) is 13.0 Å². The molecule has 3 N–H and O–H groups in total. The molecule has 0 radical (unpaired) electrons. The fraction of sp³-hybridized carbons (Fsp3) is 0.706. The third kappa shape index (κ3) is 46.7. The molecule has 0 aromatic carbocycles. The summed E-state index contributed by atoms with van der Waals surface area (Å²) in [5, 5.41) is 0. The van der Waals surface area contributed by atoms with Crippen LogP contribution in [0.25, 0.3) is 0 Å². The van der Waals surface area contributed by atoms with Crippen LogP contribution in [0.1, 0.15) is 194 Å². The van der Waals surface area contributed by atoms with E-state index in [2.05, 4.69) is 98.9 Å². The van der Waals surface area contributed by atoms with Gasteiger partial charge < -0.3 is 20.1 Å². The molecule has 0 amide bonds. The fourth-order valence-corrected chi connectivity index (χ4v) is 7.09. The third-order valence-corrected chi connectivity index (χ3v) is 10.8. The number of hydrogen-bond acceptors (Lipinski definition) is 7. The van der Waals surface area contributed by atoms with Crippen LogP contribution in [0.5, 0.6) is 0 Å². The predicted octanol–water partition coefficient (Wildman–Crippen LogP) is 14.9. The van der Waals surface area contributed by atoms with Crippen LogP contribution in [-0.2, 0) is 27.9 Å². The Hall–Kier alpha value is -2.32. The predicted molar refractivity (Wildman–Crippen MR) is 256 cm³/mol. The van der Waals surface area contributed by atoms with E-state index < -0.39 is 13.9 Å². The molecule has 9 heteroatoms. The molecule has 0 aromatic heterocycles. The smallest absolute Gasteiger partial charge is 0.457 e. The van der Waals surface area contributed by atoms with Gasteiger partial charge in [0.25, 0.3) is 0 Å². The van der Waals surface area contributed by atoms with E-state index in [9.17, 15) is 14.3 Å². The number of unbranched alkanes of at least 4 members (excludes halogenated alkanes) is 18. The minimum absolute atomic E-state index is 0.0926. The Morgan fingerprint density at radius 1 is 0.517 bits per heavy atom. The molecular weight excluding hydrogens is 770 g/mol. The monoisotopic (exact) mass is 860 g/mol. The van der Waals surface area contributed by atoms with Crippen molar-refractivity contribution in [3.8, 4) is 0 Å². The lowest BCUT2D eigenvalue weighted by Crippen LogP contribution is -2.28. The first-order valence-electron chi connectivity index (χ1n) is 24.1. The highest BCUT2D eigenvalue weighted by Crippen LogP contribution is 2.43. The number of carbonyl (C=O) groups excluding carboxylic acids is 1. The van der Waals surface area contributed by atoms with Crippen LogP contribution >= 0.6 is 7.82 Å². The Morgan fingerprint density at radius 2 is 0.933 bits per heavy atom. The number of phosphoric ester groups is 1. The van der Waals surface area contributed by atoms with Gasteiger partial charge in [-0.1, -0.05) is 202 Å². The number of esters is 1. The molecule has 2 unspecified atom stereocenters. The molecule has 346 valence electrons. The van der Waals surface area contributed by atoms with Crippen LogP contribution < -0.4 is 5.73 Å². The van der Waals surface area contributed by atoms with Crippen molar-refractivity contribution < 1.29 is 32.8 Å². The van der Waals surface area contributed by atoms with E-state index in [1.54, 1.807) is 0 Å². The van der Waals surface area contributed by atoms with E-state index >= 15 is 0 Å². The maximum atomic E-state index is 12.6. The Balaban J connectivity index is 4.05. The first-order valence-corrected chi connectivity index (χ1v) is 25.6. The number of nitrogens with two attached hydrogens (primary N) is 1. The van der Waals surface area contributed by atoms with Crippen molar-refractivity contribution in [1.82, 2.24) is 0 Å². The molecule has 60 heavy (non-hydrogen) atoms. The Labute approximate surface area is 368 Å². The zero-order valence-corrected chi connectivity index (χ0v) is 39.3. The van der Waals surface area contributed by atoms with Gasteiger partial charge in [-0.05, 0) is 70.6 Å². The first-order chi connectivity index (χ1) is 29.4. The van der Waals surface area contributed by atoms with E-state index in [1.807, 2.05) is 0 Å². The summed E-state index contributed by atoms with van der Waals surface area (Å²) in [7, 11) is -4.29. The minimum atomic E-state index is -4.29. The average molecular weight is 860 g/mol. The van der Waals surface area contributed by atoms with Gasteiger partial charge in [-0.3, -0.25) is 13.8 Å². The zero-order valence-electron chi connectivity index (χ0n) is 38.4. The summed E-state index contributed by atoms with van der Waals surface area (Å²) in [6.07, 6.45) is 61.8. The summed E-state index contributed by atoms with van der Waals surface area (Å²) >= 11 is 0. The standard InChI is InChI=1S/C51H90NO7P/c1-3-5-7-9-11-13-15-17-19-20-21-22-23-24-25-26-27-28-29-31-33-35-37-39-41-43-46-56-48-50(49-58-60(54,55)57-47-45-52)59-51(53)44-42-40-38-36-34-32-30-18-16-14-12-10-8-6-4-2/h5,7,11,13,17,19,21-22,24-25,27-28,31,33,50H,3-4,6,8-10,12,14-16,18,20,23,26,29-30,32,34-49,52H2,1-2H3,(H,54,55)/b7-5-,13-11-,19-17-,22-21-,25-24-,28-27-,33-31-. The van der Waals surface area contributed by atoms with Gasteiger partial charge in [0.2, 0.25) is 0 Å². The molecule has 0 fully saturated rings. The van der Waals surface area contributed by atoms with Gasteiger partial charge in [0.15, 0.2) is 0 Å². The van der Waals surface area contributed by atoms with Crippen LogP contribution in [0.3, 0.4) is 0 Å². The summed E-state index contributed by atoms with van der Waals surface area (Å²) in [6, 6.07) is 0. The normalized spacial score (nSPS) is 14.1. The summed E-state index contributed by atoms with van der Waals surface area (Å²) in [5.41, 5.74) is 5.38. The number of ether oxygens (including phenoxy) is 2. The SMILES string of the molecule is CC/C=C\C/C=C\C/C=C\C/C=C\C/C=C\C/C=C\C/C=C\CCCCCCOCC(COP(=O)(O)OCCN)OC(=O)CCCCCCCCCCCCCCCCC. The van der Waals surface area contributed by atoms with Gasteiger partial charge in [-0.15, -0.1) is 0 Å². The topological polar surface area (TPSA) is 117 Å².